The van der Waals surface area contributed by atoms with Crippen LogP contribution < -0.4 is 22.1 Å². The van der Waals surface area contributed by atoms with Crippen LogP contribution in [-0.4, -0.2) is 56.2 Å². The molecule has 2 aromatic heterocycles. The maximum atomic E-state index is 11.9. The maximum absolute atomic E-state index is 11.9. The van der Waals surface area contributed by atoms with Gasteiger partial charge >= 0.3 is 0 Å². The highest BCUT2D eigenvalue weighted by atomic mass is 16.5. The zero-order valence-corrected chi connectivity index (χ0v) is 16.9. The molecule has 2 atom stereocenters. The number of hydrogen-bond acceptors (Lipinski definition) is 9. The summed E-state index contributed by atoms with van der Waals surface area (Å²) in [7, 11) is 0. The van der Waals surface area contributed by atoms with Gasteiger partial charge in [0, 0.05) is 36.3 Å². The van der Waals surface area contributed by atoms with Crippen LogP contribution >= 0.6 is 0 Å². The fourth-order valence-corrected chi connectivity index (χ4v) is 3.56. The first-order valence-corrected chi connectivity index (χ1v) is 9.83. The monoisotopic (exact) mass is 411 g/mol. The van der Waals surface area contributed by atoms with E-state index in [1.165, 1.54) is 0 Å². The van der Waals surface area contributed by atoms with Crippen LogP contribution in [0.5, 0.6) is 0 Å². The van der Waals surface area contributed by atoms with Gasteiger partial charge in [-0.25, -0.2) is 0 Å². The van der Waals surface area contributed by atoms with Crippen molar-refractivity contribution in [3.05, 3.63) is 29.6 Å². The van der Waals surface area contributed by atoms with Gasteiger partial charge in [0.1, 0.15) is 0 Å². The van der Waals surface area contributed by atoms with Crippen molar-refractivity contribution in [2.24, 2.45) is 11.5 Å². The van der Waals surface area contributed by atoms with Crippen molar-refractivity contribution in [2.75, 3.05) is 23.8 Å². The second kappa shape index (κ2) is 8.20. The Bertz CT molecular complexity index is 1080. The second-order valence-corrected chi connectivity index (χ2v) is 7.29. The summed E-state index contributed by atoms with van der Waals surface area (Å²) in [6.07, 6.45) is 2.57. The largest absolute Gasteiger partial charge is 0.380 e. The molecule has 0 radical (unpaired) electrons. The Hall–Kier alpha value is -3.31. The third-order valence-corrected chi connectivity index (χ3v) is 5.17. The quantitative estimate of drug-likeness (QED) is 0.462. The Morgan fingerprint density at radius 1 is 1.37 bits per heavy atom. The molecule has 0 saturated carbocycles. The fraction of sp³-hybridized carbons (Fsp3) is 0.421. The number of fused-ring (bicyclic) bond motifs is 1. The van der Waals surface area contributed by atoms with Gasteiger partial charge in [0.2, 0.25) is 5.95 Å². The van der Waals surface area contributed by atoms with E-state index in [2.05, 4.69) is 30.9 Å². The van der Waals surface area contributed by atoms with Crippen molar-refractivity contribution in [1.82, 2.24) is 25.0 Å². The molecule has 1 saturated heterocycles. The van der Waals surface area contributed by atoms with E-state index in [-0.39, 0.29) is 29.5 Å². The number of carbonyl (C=O) groups excluding carboxylic acids is 1. The molecule has 3 aromatic rings. The zero-order valence-electron chi connectivity index (χ0n) is 16.9. The molecule has 0 aliphatic carbocycles. The molecule has 1 amide bonds. The topological polar surface area (TPSA) is 159 Å². The Labute approximate surface area is 173 Å². The lowest BCUT2D eigenvalue weighted by molar-refractivity contribution is 0.0751. The standard InChI is InChI=1S/C19H25N9O2/c1-3-28-15-7-11(6-10(2)12(15)8-22-28)23-18-16(17(21)29)26-27-19(25-18)24-14-4-5-30-9-13(14)20/h6-8,13-14H,3-5,9,20H2,1-2H3,(H2,21,29)(H2,23,24,25,27)/t13-,14+/m0/s1. The number of carbonyl (C=O) groups is 1. The Kier molecular flexibility index (Phi) is 5.46. The molecular formula is C19H25N9O2. The van der Waals surface area contributed by atoms with Crippen molar-refractivity contribution >= 4 is 34.3 Å². The van der Waals surface area contributed by atoms with Crippen LogP contribution in [0.1, 0.15) is 29.4 Å². The number of rotatable bonds is 6. The lowest BCUT2D eigenvalue weighted by Gasteiger charge is -2.29. The molecule has 0 bridgehead atoms. The van der Waals surface area contributed by atoms with Crippen LogP contribution in [0.4, 0.5) is 17.5 Å². The van der Waals surface area contributed by atoms with Gasteiger partial charge < -0.3 is 26.8 Å². The van der Waals surface area contributed by atoms with Gasteiger partial charge in [0.05, 0.1) is 18.3 Å². The summed E-state index contributed by atoms with van der Waals surface area (Å²) in [6, 6.07) is 3.67. The summed E-state index contributed by atoms with van der Waals surface area (Å²) >= 11 is 0. The summed E-state index contributed by atoms with van der Waals surface area (Å²) in [4.78, 5) is 16.3. The number of aromatic nitrogens is 5. The SMILES string of the molecule is CCn1ncc2c(C)cc(Nc3nc(N[C@@H]4CCOC[C@@H]4N)nnc3C(N)=O)cc21. The van der Waals surface area contributed by atoms with Gasteiger partial charge in [-0.15, -0.1) is 10.2 Å². The molecule has 1 fully saturated rings. The molecule has 0 spiro atoms. The van der Waals surface area contributed by atoms with Crippen molar-refractivity contribution in [3.63, 3.8) is 0 Å². The number of nitrogens with zero attached hydrogens (tertiary/aromatic N) is 5. The normalized spacial score (nSPS) is 19.0. The molecule has 11 nitrogen and oxygen atoms in total. The highest BCUT2D eigenvalue weighted by Crippen LogP contribution is 2.26. The third kappa shape index (κ3) is 3.89. The van der Waals surface area contributed by atoms with Crippen molar-refractivity contribution in [3.8, 4) is 0 Å². The van der Waals surface area contributed by atoms with E-state index in [4.69, 9.17) is 16.2 Å². The molecule has 30 heavy (non-hydrogen) atoms. The molecular weight excluding hydrogens is 386 g/mol. The number of amides is 1. The van der Waals surface area contributed by atoms with E-state index in [9.17, 15) is 4.79 Å². The average molecular weight is 411 g/mol. The van der Waals surface area contributed by atoms with E-state index in [1.807, 2.05) is 36.9 Å². The van der Waals surface area contributed by atoms with Crippen molar-refractivity contribution in [1.29, 1.82) is 0 Å². The number of nitrogens with one attached hydrogen (secondary N) is 2. The summed E-state index contributed by atoms with van der Waals surface area (Å²) in [5, 5.41) is 19.8. The average Bonchev–Trinajstić information content (AvgIpc) is 3.13. The predicted molar refractivity (Wildman–Crippen MR) is 113 cm³/mol. The lowest BCUT2D eigenvalue weighted by atomic mass is 10.1. The van der Waals surface area contributed by atoms with E-state index >= 15 is 0 Å². The van der Waals surface area contributed by atoms with Crippen LogP contribution in [0, 0.1) is 6.92 Å². The van der Waals surface area contributed by atoms with Gasteiger partial charge in [0.15, 0.2) is 11.5 Å². The molecule has 0 unspecified atom stereocenters. The van der Waals surface area contributed by atoms with Gasteiger partial charge in [-0.05, 0) is 38.0 Å². The molecule has 6 N–H and O–H groups in total. The van der Waals surface area contributed by atoms with Crippen LogP contribution in [0.25, 0.3) is 10.9 Å². The summed E-state index contributed by atoms with van der Waals surface area (Å²) < 4.78 is 7.26. The second-order valence-electron chi connectivity index (χ2n) is 7.29. The number of anilines is 3. The molecule has 158 valence electrons. The van der Waals surface area contributed by atoms with E-state index in [0.717, 1.165) is 35.1 Å². The van der Waals surface area contributed by atoms with Crippen LogP contribution in [0.3, 0.4) is 0 Å². The first-order valence-electron chi connectivity index (χ1n) is 9.83. The molecule has 11 heteroatoms. The smallest absolute Gasteiger partial charge is 0.273 e. The van der Waals surface area contributed by atoms with Gasteiger partial charge in [-0.1, -0.05) is 0 Å². The van der Waals surface area contributed by atoms with Gasteiger partial charge in [-0.3, -0.25) is 9.48 Å². The summed E-state index contributed by atoms with van der Waals surface area (Å²) in [6.45, 7) is 5.84. The van der Waals surface area contributed by atoms with Crippen molar-refractivity contribution in [2.45, 2.75) is 38.9 Å². The molecule has 3 heterocycles. The maximum Gasteiger partial charge on any atom is 0.273 e. The summed E-state index contributed by atoms with van der Waals surface area (Å²) in [5.41, 5.74) is 14.3. The predicted octanol–water partition coefficient (Wildman–Crippen LogP) is 0.920. The Morgan fingerprint density at radius 3 is 2.93 bits per heavy atom. The number of benzene rings is 1. The van der Waals surface area contributed by atoms with E-state index < -0.39 is 5.91 Å². The fourth-order valence-electron chi connectivity index (χ4n) is 3.56. The number of primary amides is 1. The number of nitrogens with two attached hydrogens (primary N) is 2. The highest BCUT2D eigenvalue weighted by molar-refractivity contribution is 5.96. The molecule has 4 rings (SSSR count). The first-order chi connectivity index (χ1) is 14.5. The first kappa shape index (κ1) is 20.0. The molecule has 1 aromatic carbocycles. The Morgan fingerprint density at radius 2 is 2.20 bits per heavy atom. The van der Waals surface area contributed by atoms with Gasteiger partial charge in [-0.2, -0.15) is 10.1 Å². The van der Waals surface area contributed by atoms with Crippen LogP contribution in [0.15, 0.2) is 18.3 Å². The molecule has 1 aliphatic heterocycles. The van der Waals surface area contributed by atoms with E-state index in [1.54, 1.807) is 0 Å². The highest BCUT2D eigenvalue weighted by Gasteiger charge is 2.24. The minimum atomic E-state index is -0.719. The summed E-state index contributed by atoms with van der Waals surface area (Å²) in [5.74, 6) is -0.230. The zero-order chi connectivity index (χ0) is 21.3. The van der Waals surface area contributed by atoms with Crippen LogP contribution in [0.2, 0.25) is 0 Å². The van der Waals surface area contributed by atoms with Crippen molar-refractivity contribution < 1.29 is 9.53 Å². The third-order valence-electron chi connectivity index (χ3n) is 5.17. The number of ether oxygens (including phenoxy) is 1. The van der Waals surface area contributed by atoms with E-state index in [0.29, 0.717) is 13.2 Å². The minimum Gasteiger partial charge on any atom is -0.380 e. The number of aryl methyl sites for hydroxylation is 2. The Balaban J connectivity index is 1.66. The van der Waals surface area contributed by atoms with Crippen LogP contribution in [-0.2, 0) is 11.3 Å². The lowest BCUT2D eigenvalue weighted by Crippen LogP contribution is -2.48. The molecule has 1 aliphatic rings. The number of hydrogen-bond donors (Lipinski definition) is 4. The van der Waals surface area contributed by atoms with Gasteiger partial charge in [0.25, 0.3) is 5.91 Å². The minimum absolute atomic E-state index is 0.0430.